The molecule has 1 aromatic heterocycles. The fourth-order valence-corrected chi connectivity index (χ4v) is 5.21. The van der Waals surface area contributed by atoms with Gasteiger partial charge in [-0.25, -0.2) is 9.78 Å². The van der Waals surface area contributed by atoms with Crippen molar-refractivity contribution in [1.82, 2.24) is 14.9 Å². The Bertz CT molecular complexity index is 1180. The van der Waals surface area contributed by atoms with Crippen LogP contribution in [0, 0.1) is 5.92 Å². The predicted molar refractivity (Wildman–Crippen MR) is 157 cm³/mol. The van der Waals surface area contributed by atoms with Gasteiger partial charge in [-0.2, -0.15) is 4.98 Å². The molecule has 0 spiro atoms. The zero-order valence-electron chi connectivity index (χ0n) is 23.6. The van der Waals surface area contributed by atoms with Crippen molar-refractivity contribution in [2.75, 3.05) is 29.9 Å². The number of hydrogen-bond acceptors (Lipinski definition) is 7. The minimum Gasteiger partial charge on any atom is -0.444 e. The minimum atomic E-state index is -0.540. The molecule has 0 radical (unpaired) electrons. The topological polar surface area (TPSA) is 108 Å². The zero-order chi connectivity index (χ0) is 28.7. The van der Waals surface area contributed by atoms with Gasteiger partial charge in [-0.3, -0.25) is 9.69 Å². The van der Waals surface area contributed by atoms with E-state index in [0.717, 1.165) is 44.1 Å². The van der Waals surface area contributed by atoms with Crippen LogP contribution in [0.4, 0.5) is 16.6 Å². The average molecular weight is 570 g/mol. The van der Waals surface area contributed by atoms with E-state index < -0.39 is 5.60 Å². The summed E-state index contributed by atoms with van der Waals surface area (Å²) in [6.07, 6.45) is 9.02. The van der Waals surface area contributed by atoms with Crippen LogP contribution in [0.5, 0.6) is 0 Å². The maximum absolute atomic E-state index is 13.6. The summed E-state index contributed by atoms with van der Waals surface area (Å²) in [5, 5.41) is 13.8. The molecule has 9 nitrogen and oxygen atoms in total. The Morgan fingerprint density at radius 2 is 1.82 bits per heavy atom. The number of carbonyl (C=O) groups is 2. The van der Waals surface area contributed by atoms with E-state index in [9.17, 15) is 14.7 Å². The molecular formula is C30H40ClN5O4. The summed E-state index contributed by atoms with van der Waals surface area (Å²) >= 11 is 6.30. The highest BCUT2D eigenvalue weighted by Gasteiger charge is 2.29. The maximum Gasteiger partial charge on any atom is 0.410 e. The van der Waals surface area contributed by atoms with Crippen LogP contribution < -0.4 is 10.2 Å². The second-order valence-electron chi connectivity index (χ2n) is 11.6. The zero-order valence-corrected chi connectivity index (χ0v) is 24.3. The lowest BCUT2D eigenvalue weighted by Gasteiger charge is -2.35. The first-order chi connectivity index (χ1) is 19.1. The van der Waals surface area contributed by atoms with Crippen LogP contribution in [0.15, 0.2) is 42.6 Å². The highest BCUT2D eigenvalue weighted by atomic mass is 35.5. The van der Waals surface area contributed by atoms with Crippen LogP contribution in [-0.4, -0.2) is 69.4 Å². The molecule has 0 unspecified atom stereocenters. The molecule has 2 N–H and O–H groups in total. The van der Waals surface area contributed by atoms with Crippen molar-refractivity contribution in [3.05, 3.63) is 53.2 Å². The first-order valence-corrected chi connectivity index (χ1v) is 14.4. The average Bonchev–Trinajstić information content (AvgIpc) is 2.92. The van der Waals surface area contributed by atoms with Gasteiger partial charge in [-0.05, 0) is 89.0 Å². The summed E-state index contributed by atoms with van der Waals surface area (Å²) < 4.78 is 5.53. The number of hydrogen-bond donors (Lipinski definition) is 2. The van der Waals surface area contributed by atoms with Gasteiger partial charge < -0.3 is 20.1 Å². The number of ether oxygens (including phenoxy) is 1. The molecule has 0 bridgehead atoms. The molecule has 4 rings (SSSR count). The number of carbonyl (C=O) groups excluding carboxylic acids is 2. The highest BCUT2D eigenvalue weighted by Crippen LogP contribution is 2.25. The Kier molecular flexibility index (Phi) is 10.0. The molecule has 1 saturated heterocycles. The predicted octanol–water partition coefficient (Wildman–Crippen LogP) is 5.54. The number of piperidine rings is 1. The molecule has 1 saturated carbocycles. The van der Waals surface area contributed by atoms with Crippen molar-refractivity contribution in [2.45, 2.75) is 77.0 Å². The lowest BCUT2D eigenvalue weighted by molar-refractivity contribution is -0.114. The highest BCUT2D eigenvalue weighted by molar-refractivity contribution is 6.32. The van der Waals surface area contributed by atoms with Gasteiger partial charge >= 0.3 is 6.09 Å². The third-order valence-corrected chi connectivity index (χ3v) is 7.58. The molecule has 2 fully saturated rings. The number of nitrogens with zero attached hydrogens (tertiary/aromatic N) is 4. The molecule has 1 aliphatic heterocycles. The van der Waals surface area contributed by atoms with Crippen LogP contribution in [-0.2, 0) is 9.53 Å². The van der Waals surface area contributed by atoms with Gasteiger partial charge in [0, 0.05) is 43.0 Å². The molecule has 1 aliphatic carbocycles. The number of benzene rings is 1. The number of amides is 2. The van der Waals surface area contributed by atoms with E-state index in [2.05, 4.69) is 10.3 Å². The molecule has 2 aliphatic rings. The fourth-order valence-electron chi connectivity index (χ4n) is 5.01. The van der Waals surface area contributed by atoms with E-state index in [4.69, 9.17) is 21.3 Å². The van der Waals surface area contributed by atoms with Crippen LogP contribution in [0.2, 0.25) is 5.02 Å². The summed E-state index contributed by atoms with van der Waals surface area (Å²) in [6, 6.07) is 9.29. The lowest BCUT2D eigenvalue weighted by Crippen LogP contribution is -2.44. The van der Waals surface area contributed by atoms with E-state index >= 15 is 0 Å². The van der Waals surface area contributed by atoms with E-state index in [1.165, 1.54) is 6.08 Å². The van der Waals surface area contributed by atoms with Crippen LogP contribution in [0.25, 0.3) is 6.08 Å². The monoisotopic (exact) mass is 569 g/mol. The van der Waals surface area contributed by atoms with Crippen LogP contribution in [0.3, 0.4) is 0 Å². The number of halogens is 1. The molecule has 0 atom stereocenters. The Morgan fingerprint density at radius 1 is 1.12 bits per heavy atom. The van der Waals surface area contributed by atoms with Crippen molar-refractivity contribution >= 4 is 41.4 Å². The minimum absolute atomic E-state index is 0.181. The Labute approximate surface area is 241 Å². The quantitative estimate of drug-likeness (QED) is 0.421. The van der Waals surface area contributed by atoms with Gasteiger partial charge in [-0.1, -0.05) is 29.8 Å². The third kappa shape index (κ3) is 8.66. The molecule has 216 valence electrons. The van der Waals surface area contributed by atoms with E-state index in [0.29, 0.717) is 36.4 Å². The van der Waals surface area contributed by atoms with Crippen molar-refractivity contribution in [3.63, 3.8) is 0 Å². The second kappa shape index (κ2) is 13.5. The summed E-state index contributed by atoms with van der Waals surface area (Å²) in [5.74, 6) is 0.950. The second-order valence-corrected chi connectivity index (χ2v) is 12.0. The number of likely N-dealkylation sites (tertiary alicyclic amines) is 1. The van der Waals surface area contributed by atoms with Gasteiger partial charge in [-0.15, -0.1) is 0 Å². The SMILES string of the molecule is CC(C)(C)OC(=O)N1CCC(CN(C(=O)C=Cc2ccccc2Cl)c2ccnc(NC3CCC(O)CC3)n2)CC1. The standard InChI is InChI=1S/C30H40ClN5O4/c1-30(2,3)40-29(39)35-18-15-21(16-19-35)20-36(27(38)13-8-22-6-4-5-7-25(22)31)26-14-17-32-28(34-26)33-23-9-11-24(37)12-10-23/h4-8,13-14,17,21,23-24,37H,9-12,15-16,18-20H2,1-3H3,(H,32,33,34). The summed E-state index contributed by atoms with van der Waals surface area (Å²) in [5.41, 5.74) is 0.217. The van der Waals surface area contributed by atoms with E-state index in [-0.39, 0.29) is 30.1 Å². The van der Waals surface area contributed by atoms with Crippen molar-refractivity contribution in [3.8, 4) is 0 Å². The first kappa shape index (κ1) is 29.8. The number of rotatable bonds is 7. The van der Waals surface area contributed by atoms with Crippen molar-refractivity contribution in [2.24, 2.45) is 5.92 Å². The molecule has 10 heteroatoms. The van der Waals surface area contributed by atoms with Gasteiger partial charge in [0.15, 0.2) is 0 Å². The number of nitrogens with one attached hydrogen (secondary N) is 1. The number of anilines is 2. The van der Waals surface area contributed by atoms with Gasteiger partial charge in [0.1, 0.15) is 11.4 Å². The first-order valence-electron chi connectivity index (χ1n) is 14.1. The van der Waals surface area contributed by atoms with Gasteiger partial charge in [0.2, 0.25) is 5.95 Å². The fraction of sp³-hybridized carbons (Fsp3) is 0.533. The normalized spacial score (nSPS) is 20.4. The van der Waals surface area contributed by atoms with Crippen LogP contribution in [0.1, 0.15) is 64.9 Å². The third-order valence-electron chi connectivity index (χ3n) is 7.23. The summed E-state index contributed by atoms with van der Waals surface area (Å²) in [6.45, 7) is 7.18. The van der Waals surface area contributed by atoms with E-state index in [1.807, 2.05) is 39.0 Å². The van der Waals surface area contributed by atoms with Crippen molar-refractivity contribution < 1.29 is 19.4 Å². The summed E-state index contributed by atoms with van der Waals surface area (Å²) in [7, 11) is 0. The lowest BCUT2D eigenvalue weighted by atomic mass is 9.93. The van der Waals surface area contributed by atoms with Gasteiger partial charge in [0.25, 0.3) is 5.91 Å². The van der Waals surface area contributed by atoms with Crippen molar-refractivity contribution in [1.29, 1.82) is 0 Å². The number of aliphatic hydroxyl groups excluding tert-OH is 1. The Hall–Kier alpha value is -3.17. The smallest absolute Gasteiger partial charge is 0.410 e. The molecular weight excluding hydrogens is 530 g/mol. The largest absolute Gasteiger partial charge is 0.444 e. The maximum atomic E-state index is 13.6. The number of aliphatic hydroxyl groups is 1. The molecule has 40 heavy (non-hydrogen) atoms. The molecule has 2 heterocycles. The van der Waals surface area contributed by atoms with Crippen LogP contribution >= 0.6 is 11.6 Å². The Morgan fingerprint density at radius 3 is 2.50 bits per heavy atom. The molecule has 2 amide bonds. The molecule has 2 aromatic rings. The molecule has 1 aromatic carbocycles. The number of aromatic nitrogens is 2. The van der Waals surface area contributed by atoms with Gasteiger partial charge in [0.05, 0.1) is 6.10 Å². The Balaban J connectivity index is 1.48. The van der Waals surface area contributed by atoms with E-state index in [1.54, 1.807) is 34.2 Å². The summed E-state index contributed by atoms with van der Waals surface area (Å²) in [4.78, 5) is 38.6.